The van der Waals surface area contributed by atoms with Crippen molar-refractivity contribution >= 4 is 23.0 Å². The van der Waals surface area contributed by atoms with Gasteiger partial charge in [-0.3, -0.25) is 5.41 Å². The average Bonchev–Trinajstić information content (AvgIpc) is 2.63. The van der Waals surface area contributed by atoms with E-state index in [0.717, 1.165) is 11.8 Å². The lowest BCUT2D eigenvalue weighted by Crippen LogP contribution is -2.10. The van der Waals surface area contributed by atoms with E-state index in [2.05, 4.69) is 15.2 Å². The number of unbranched alkanes of at least 4 members (excludes halogenated alkanes) is 1. The van der Waals surface area contributed by atoms with Gasteiger partial charge >= 0.3 is 11.8 Å². The number of carbonyl (C=O) groups excluding carboxylic acids is 1. The molecular weight excluding hydrogens is 326 g/mol. The van der Waals surface area contributed by atoms with Crippen LogP contribution in [0.5, 0.6) is 0 Å². The fourth-order valence-corrected chi connectivity index (χ4v) is 1.64. The molecule has 138 valence electrons. The predicted molar refractivity (Wildman–Crippen MR) is 96.7 cm³/mol. The Labute approximate surface area is 146 Å². The number of rotatable bonds is 5. The number of para-hydroxylation sites is 1. The van der Waals surface area contributed by atoms with Crippen LogP contribution in [0.15, 0.2) is 45.6 Å². The van der Waals surface area contributed by atoms with E-state index < -0.39 is 6.16 Å². The zero-order chi connectivity index (χ0) is 19.1. The molecule has 2 aromatic rings. The van der Waals surface area contributed by atoms with Crippen molar-refractivity contribution < 1.29 is 18.7 Å². The van der Waals surface area contributed by atoms with Crippen molar-refractivity contribution in [2.24, 2.45) is 11.5 Å². The third kappa shape index (κ3) is 10.5. The highest BCUT2D eigenvalue weighted by atomic mass is 16.7. The number of amidine groups is 1. The van der Waals surface area contributed by atoms with Crippen LogP contribution < -0.4 is 17.1 Å². The van der Waals surface area contributed by atoms with Crippen molar-refractivity contribution in [3.05, 3.63) is 46.8 Å². The van der Waals surface area contributed by atoms with E-state index in [1.54, 1.807) is 12.1 Å². The zero-order valence-electron chi connectivity index (χ0n) is 14.5. The van der Waals surface area contributed by atoms with Crippen LogP contribution in [-0.2, 0) is 9.47 Å². The van der Waals surface area contributed by atoms with E-state index in [0.29, 0.717) is 25.0 Å². The molecule has 0 spiro atoms. The molecule has 0 saturated carbocycles. The number of methoxy groups -OCH3 is 1. The fourth-order valence-electron chi connectivity index (χ4n) is 1.64. The van der Waals surface area contributed by atoms with Crippen LogP contribution in [0.2, 0.25) is 0 Å². The first kappa shape index (κ1) is 22.1. The summed E-state index contributed by atoms with van der Waals surface area (Å²) >= 11 is 0. The van der Waals surface area contributed by atoms with Crippen LogP contribution in [0.3, 0.4) is 0 Å². The van der Waals surface area contributed by atoms with Gasteiger partial charge in [-0.2, -0.15) is 0 Å². The number of fused-ring (bicyclic) bond motifs is 1. The molecule has 1 aromatic heterocycles. The molecule has 0 aliphatic carbocycles. The van der Waals surface area contributed by atoms with Gasteiger partial charge in [-0.05, 0) is 32.0 Å². The average molecular weight is 351 g/mol. The summed E-state index contributed by atoms with van der Waals surface area (Å²) in [5.74, 6) is 0.160. The molecule has 0 aliphatic rings. The second kappa shape index (κ2) is 13.6. The topological polar surface area (TPSA) is 142 Å². The van der Waals surface area contributed by atoms with Crippen LogP contribution in [0.25, 0.3) is 11.0 Å². The molecule has 8 heteroatoms. The first-order valence-corrected chi connectivity index (χ1v) is 7.63. The normalized spacial score (nSPS) is 9.08. The molecule has 0 radical (unpaired) electrons. The molecule has 1 aromatic carbocycles. The van der Waals surface area contributed by atoms with E-state index in [1.165, 1.54) is 20.2 Å². The summed E-state index contributed by atoms with van der Waals surface area (Å²) in [5, 5.41) is 7.85. The minimum Gasteiger partial charge on any atom is -0.438 e. The Bertz CT molecular complexity index is 700. The standard InChI is InChI=1S/C9H6O2.C7H14N2O3.CH5N/c10-9-6-5-7-3-1-2-4-8(7)11-9;1-11-7(10)12-5-3-2-4-6(8)9;1-2/h1-6H;2-5H2,1H3,(H3,8,9);2H2,1H3. The van der Waals surface area contributed by atoms with Crippen LogP contribution >= 0.6 is 0 Å². The highest BCUT2D eigenvalue weighted by Gasteiger charge is 1.98. The third-order valence-corrected chi connectivity index (χ3v) is 2.76. The van der Waals surface area contributed by atoms with Crippen LogP contribution in [0, 0.1) is 5.41 Å². The SMILES string of the molecule is CN.COC(=O)OCCCCC(=N)N.O=c1ccc2ccccc2o1. The number of hydrogen-bond donors (Lipinski definition) is 3. The zero-order valence-corrected chi connectivity index (χ0v) is 14.5. The largest absolute Gasteiger partial charge is 0.507 e. The highest BCUT2D eigenvalue weighted by molar-refractivity contribution is 5.76. The third-order valence-electron chi connectivity index (χ3n) is 2.76. The lowest BCUT2D eigenvalue weighted by molar-refractivity contribution is 0.0716. The van der Waals surface area contributed by atoms with E-state index in [1.807, 2.05) is 18.2 Å². The second-order valence-corrected chi connectivity index (χ2v) is 4.58. The molecule has 0 amide bonds. The number of nitrogens with two attached hydrogens (primary N) is 2. The first-order valence-electron chi connectivity index (χ1n) is 7.63. The Morgan fingerprint density at radius 1 is 1.16 bits per heavy atom. The molecule has 5 N–H and O–H groups in total. The summed E-state index contributed by atoms with van der Waals surface area (Å²) in [6.07, 6.45) is 1.34. The Hall–Kier alpha value is -2.87. The van der Waals surface area contributed by atoms with Gasteiger partial charge in [0.05, 0.1) is 19.6 Å². The maximum atomic E-state index is 10.7. The fraction of sp³-hybridized carbons (Fsp3) is 0.353. The van der Waals surface area contributed by atoms with Gasteiger partial charge in [-0.15, -0.1) is 0 Å². The molecule has 0 fully saturated rings. The molecule has 2 rings (SSSR count). The highest BCUT2D eigenvalue weighted by Crippen LogP contribution is 2.08. The van der Waals surface area contributed by atoms with Gasteiger partial charge in [-0.25, -0.2) is 9.59 Å². The second-order valence-electron chi connectivity index (χ2n) is 4.58. The Balaban J connectivity index is 0.000000419. The summed E-state index contributed by atoms with van der Waals surface area (Å²) in [5.41, 5.74) is 9.95. The number of carbonyl (C=O) groups is 1. The van der Waals surface area contributed by atoms with Gasteiger partial charge in [0.2, 0.25) is 0 Å². The van der Waals surface area contributed by atoms with E-state index in [-0.39, 0.29) is 11.5 Å². The molecular formula is C17H25N3O5. The van der Waals surface area contributed by atoms with Gasteiger partial charge in [-0.1, -0.05) is 18.2 Å². The smallest absolute Gasteiger partial charge is 0.438 e. The predicted octanol–water partition coefficient (Wildman–Crippen LogP) is 2.24. The van der Waals surface area contributed by atoms with Crippen molar-refractivity contribution in [2.45, 2.75) is 19.3 Å². The van der Waals surface area contributed by atoms with Crippen molar-refractivity contribution in [1.82, 2.24) is 0 Å². The van der Waals surface area contributed by atoms with Crippen molar-refractivity contribution in [3.63, 3.8) is 0 Å². The van der Waals surface area contributed by atoms with Gasteiger partial charge in [0.25, 0.3) is 0 Å². The molecule has 25 heavy (non-hydrogen) atoms. The molecule has 0 bridgehead atoms. The van der Waals surface area contributed by atoms with Crippen LogP contribution in [0.4, 0.5) is 4.79 Å². The molecule has 1 heterocycles. The lowest BCUT2D eigenvalue weighted by atomic mass is 10.2. The minimum absolute atomic E-state index is 0.160. The monoisotopic (exact) mass is 351 g/mol. The number of hydrogen-bond acceptors (Lipinski definition) is 7. The summed E-state index contributed by atoms with van der Waals surface area (Å²) in [6, 6.07) is 10.6. The molecule has 0 unspecified atom stereocenters. The molecule has 0 saturated heterocycles. The summed E-state index contributed by atoms with van der Waals surface area (Å²) in [7, 11) is 2.76. The quantitative estimate of drug-likeness (QED) is 0.246. The number of ether oxygens (including phenoxy) is 2. The summed E-state index contributed by atoms with van der Waals surface area (Å²) in [4.78, 5) is 21.1. The van der Waals surface area contributed by atoms with Crippen molar-refractivity contribution in [2.75, 3.05) is 20.8 Å². The maximum Gasteiger partial charge on any atom is 0.507 e. The minimum atomic E-state index is -0.669. The summed E-state index contributed by atoms with van der Waals surface area (Å²) < 4.78 is 13.8. The van der Waals surface area contributed by atoms with Gasteiger partial charge in [0.15, 0.2) is 0 Å². The van der Waals surface area contributed by atoms with Crippen molar-refractivity contribution in [3.8, 4) is 0 Å². The Morgan fingerprint density at radius 3 is 2.48 bits per heavy atom. The van der Waals surface area contributed by atoms with Gasteiger partial charge in [0, 0.05) is 17.9 Å². The van der Waals surface area contributed by atoms with E-state index in [4.69, 9.17) is 15.6 Å². The van der Waals surface area contributed by atoms with E-state index in [9.17, 15) is 9.59 Å². The van der Waals surface area contributed by atoms with Crippen molar-refractivity contribution in [1.29, 1.82) is 5.41 Å². The summed E-state index contributed by atoms with van der Waals surface area (Å²) in [6.45, 7) is 0.319. The lowest BCUT2D eigenvalue weighted by Gasteiger charge is -2.01. The van der Waals surface area contributed by atoms with Crippen LogP contribution in [0.1, 0.15) is 19.3 Å². The Kier molecular flexibility index (Phi) is 12.0. The molecule has 8 nitrogen and oxygen atoms in total. The number of benzene rings is 1. The first-order chi connectivity index (χ1) is 12.0. The van der Waals surface area contributed by atoms with E-state index >= 15 is 0 Å². The Morgan fingerprint density at radius 2 is 1.84 bits per heavy atom. The molecule has 0 aliphatic heterocycles. The maximum absolute atomic E-state index is 10.7. The van der Waals surface area contributed by atoms with Gasteiger partial charge in [0.1, 0.15) is 5.58 Å². The number of nitrogens with one attached hydrogen (secondary N) is 1. The van der Waals surface area contributed by atoms with Crippen LogP contribution in [-0.4, -0.2) is 32.8 Å². The molecule has 0 atom stereocenters. The van der Waals surface area contributed by atoms with Gasteiger partial charge < -0.3 is 25.4 Å².